The lowest BCUT2D eigenvalue weighted by Gasteiger charge is -2.09. The van der Waals surface area contributed by atoms with Gasteiger partial charge in [-0.05, 0) is 31.2 Å². The monoisotopic (exact) mass is 398 g/mol. The summed E-state index contributed by atoms with van der Waals surface area (Å²) in [5.41, 5.74) is 0.740. The summed E-state index contributed by atoms with van der Waals surface area (Å²) in [6, 6.07) is 8.32. The van der Waals surface area contributed by atoms with Crippen LogP contribution in [0.25, 0.3) is 0 Å². The number of rotatable bonds is 8. The van der Waals surface area contributed by atoms with Crippen molar-refractivity contribution in [3.63, 3.8) is 0 Å². The van der Waals surface area contributed by atoms with Gasteiger partial charge < -0.3 is 24.5 Å². The predicted molar refractivity (Wildman–Crippen MR) is 105 cm³/mol. The number of aromatic nitrogens is 2. The van der Waals surface area contributed by atoms with Crippen LogP contribution in [-0.4, -0.2) is 35.8 Å². The molecule has 0 radical (unpaired) electrons. The zero-order valence-electron chi connectivity index (χ0n) is 16.4. The third-order valence-corrected chi connectivity index (χ3v) is 4.17. The molecule has 0 saturated carbocycles. The number of nitrogens with one attached hydrogen (secondary N) is 2. The number of methoxy groups -OCH3 is 2. The molecule has 2 aromatic heterocycles. The van der Waals surface area contributed by atoms with Crippen LogP contribution in [0.4, 0.5) is 5.69 Å². The molecule has 3 aromatic rings. The van der Waals surface area contributed by atoms with Crippen molar-refractivity contribution in [3.05, 3.63) is 59.8 Å². The highest BCUT2D eigenvalue weighted by atomic mass is 16.5. The van der Waals surface area contributed by atoms with Gasteiger partial charge in [-0.1, -0.05) is 0 Å². The Morgan fingerprint density at radius 2 is 1.86 bits per heavy atom. The molecule has 1 aromatic carbocycles. The van der Waals surface area contributed by atoms with E-state index in [0.29, 0.717) is 35.1 Å². The average Bonchev–Trinajstić information content (AvgIpc) is 3.41. The van der Waals surface area contributed by atoms with Gasteiger partial charge in [0.25, 0.3) is 11.8 Å². The van der Waals surface area contributed by atoms with Gasteiger partial charge in [-0.2, -0.15) is 5.10 Å². The van der Waals surface area contributed by atoms with Crippen molar-refractivity contribution in [1.82, 2.24) is 15.1 Å². The molecule has 0 unspecified atom stereocenters. The van der Waals surface area contributed by atoms with Crippen molar-refractivity contribution in [2.45, 2.75) is 20.0 Å². The van der Waals surface area contributed by atoms with E-state index in [4.69, 9.17) is 13.9 Å². The number of furan rings is 1. The summed E-state index contributed by atoms with van der Waals surface area (Å²) >= 11 is 0. The minimum atomic E-state index is -0.424. The number of benzene rings is 1. The molecule has 0 saturated heterocycles. The second-order valence-corrected chi connectivity index (χ2v) is 6.06. The molecule has 9 nitrogen and oxygen atoms in total. The van der Waals surface area contributed by atoms with Crippen molar-refractivity contribution in [3.8, 4) is 11.5 Å². The maximum atomic E-state index is 12.8. The van der Waals surface area contributed by atoms with Crippen LogP contribution in [0.5, 0.6) is 11.5 Å². The molecule has 0 aliphatic heterocycles. The molecule has 0 aliphatic rings. The van der Waals surface area contributed by atoms with Gasteiger partial charge in [0, 0.05) is 24.4 Å². The number of hydrogen-bond donors (Lipinski definition) is 2. The molecule has 2 amide bonds. The van der Waals surface area contributed by atoms with Crippen LogP contribution in [0.2, 0.25) is 0 Å². The lowest BCUT2D eigenvalue weighted by molar-refractivity contribution is 0.0943. The van der Waals surface area contributed by atoms with E-state index >= 15 is 0 Å². The second kappa shape index (κ2) is 8.96. The second-order valence-electron chi connectivity index (χ2n) is 6.06. The van der Waals surface area contributed by atoms with Crippen LogP contribution in [0.15, 0.2) is 47.2 Å². The van der Waals surface area contributed by atoms with E-state index in [0.717, 1.165) is 0 Å². The van der Waals surface area contributed by atoms with Crippen molar-refractivity contribution < 1.29 is 23.5 Å². The van der Waals surface area contributed by atoms with Gasteiger partial charge in [-0.15, -0.1) is 0 Å². The standard InChI is InChI=1S/C20H22N4O5/c1-4-24-12-17(18(23-24)20(26)21-11-14-6-5-7-29-14)22-19(25)13-8-15(27-2)10-16(9-13)28-3/h5-10,12H,4,11H2,1-3H3,(H,21,26)(H,22,25). The van der Waals surface area contributed by atoms with Gasteiger partial charge in [0.1, 0.15) is 17.3 Å². The molecule has 0 atom stereocenters. The van der Waals surface area contributed by atoms with E-state index in [9.17, 15) is 9.59 Å². The molecule has 9 heteroatoms. The van der Waals surface area contributed by atoms with Crippen LogP contribution in [0.1, 0.15) is 33.5 Å². The first-order valence-electron chi connectivity index (χ1n) is 8.96. The largest absolute Gasteiger partial charge is 0.497 e. The summed E-state index contributed by atoms with van der Waals surface area (Å²) in [7, 11) is 3.01. The fraction of sp³-hybridized carbons (Fsp3) is 0.250. The van der Waals surface area contributed by atoms with Crippen molar-refractivity contribution in [2.24, 2.45) is 0 Å². The lowest BCUT2D eigenvalue weighted by atomic mass is 10.2. The van der Waals surface area contributed by atoms with Crippen LogP contribution in [0, 0.1) is 0 Å². The zero-order valence-corrected chi connectivity index (χ0v) is 16.4. The Balaban J connectivity index is 1.80. The summed E-state index contributed by atoms with van der Waals surface area (Å²) in [6.45, 7) is 2.64. The summed E-state index contributed by atoms with van der Waals surface area (Å²) in [6.07, 6.45) is 3.14. The molecule has 3 rings (SSSR count). The Morgan fingerprint density at radius 1 is 1.14 bits per heavy atom. The van der Waals surface area contributed by atoms with Crippen LogP contribution >= 0.6 is 0 Å². The molecule has 152 valence electrons. The maximum absolute atomic E-state index is 12.8. The zero-order chi connectivity index (χ0) is 20.8. The first-order chi connectivity index (χ1) is 14.0. The topological polar surface area (TPSA) is 108 Å². The Bertz CT molecular complexity index is 972. The van der Waals surface area contributed by atoms with E-state index in [1.165, 1.54) is 20.5 Å². The van der Waals surface area contributed by atoms with E-state index in [-0.39, 0.29) is 12.2 Å². The smallest absolute Gasteiger partial charge is 0.274 e. The summed E-state index contributed by atoms with van der Waals surface area (Å²) in [5, 5.41) is 9.72. The predicted octanol–water partition coefficient (Wildman–Crippen LogP) is 2.70. The molecule has 2 heterocycles. The van der Waals surface area contributed by atoms with Gasteiger partial charge in [0.2, 0.25) is 0 Å². The molecule has 2 N–H and O–H groups in total. The highest BCUT2D eigenvalue weighted by Gasteiger charge is 2.20. The van der Waals surface area contributed by atoms with E-state index in [1.807, 2.05) is 6.92 Å². The average molecular weight is 398 g/mol. The van der Waals surface area contributed by atoms with Crippen molar-refractivity contribution in [1.29, 1.82) is 0 Å². The van der Waals surface area contributed by atoms with Gasteiger partial charge in [0.15, 0.2) is 5.69 Å². The number of anilines is 1. The summed E-state index contributed by atoms with van der Waals surface area (Å²) in [5.74, 6) is 0.734. The quantitative estimate of drug-likeness (QED) is 0.604. The van der Waals surface area contributed by atoms with Gasteiger partial charge in [-0.3, -0.25) is 14.3 Å². The first kappa shape index (κ1) is 20.0. The SMILES string of the molecule is CCn1cc(NC(=O)c2cc(OC)cc(OC)c2)c(C(=O)NCc2ccco2)n1. The number of amides is 2. The molecule has 0 bridgehead atoms. The van der Waals surface area contributed by atoms with E-state index in [1.54, 1.807) is 41.2 Å². The third kappa shape index (κ3) is 4.75. The Labute approximate surface area is 167 Å². The number of aryl methyl sites for hydroxylation is 1. The number of carbonyl (C=O) groups excluding carboxylic acids is 2. The van der Waals surface area contributed by atoms with Gasteiger partial charge in [-0.25, -0.2) is 0 Å². The minimum absolute atomic E-state index is 0.113. The third-order valence-electron chi connectivity index (χ3n) is 4.17. The molecule has 0 fully saturated rings. The molecular formula is C20H22N4O5. The summed E-state index contributed by atoms with van der Waals surface area (Å²) < 4.78 is 17.2. The van der Waals surface area contributed by atoms with Crippen molar-refractivity contribution in [2.75, 3.05) is 19.5 Å². The van der Waals surface area contributed by atoms with Gasteiger partial charge in [0.05, 0.1) is 32.7 Å². The minimum Gasteiger partial charge on any atom is -0.497 e. The van der Waals surface area contributed by atoms with Crippen LogP contribution in [0.3, 0.4) is 0 Å². The number of hydrogen-bond acceptors (Lipinski definition) is 6. The Kier molecular flexibility index (Phi) is 6.18. The van der Waals surface area contributed by atoms with Crippen LogP contribution < -0.4 is 20.1 Å². The first-order valence-corrected chi connectivity index (χ1v) is 8.96. The van der Waals surface area contributed by atoms with Crippen LogP contribution in [-0.2, 0) is 13.1 Å². The molecule has 0 aliphatic carbocycles. The van der Waals surface area contributed by atoms with Crippen molar-refractivity contribution >= 4 is 17.5 Å². The molecular weight excluding hydrogens is 376 g/mol. The Hall–Kier alpha value is -3.75. The van der Waals surface area contributed by atoms with Gasteiger partial charge >= 0.3 is 0 Å². The van der Waals surface area contributed by atoms with E-state index < -0.39 is 11.8 Å². The molecule has 0 spiro atoms. The number of carbonyl (C=O) groups is 2. The highest BCUT2D eigenvalue weighted by molar-refractivity contribution is 6.08. The number of ether oxygens (including phenoxy) is 2. The lowest BCUT2D eigenvalue weighted by Crippen LogP contribution is -2.25. The fourth-order valence-corrected chi connectivity index (χ4v) is 2.64. The van der Waals surface area contributed by atoms with E-state index in [2.05, 4.69) is 15.7 Å². The highest BCUT2D eigenvalue weighted by Crippen LogP contribution is 2.24. The Morgan fingerprint density at radius 3 is 2.45 bits per heavy atom. The normalized spacial score (nSPS) is 10.4. The fourth-order valence-electron chi connectivity index (χ4n) is 2.64. The summed E-state index contributed by atoms with van der Waals surface area (Å²) in [4.78, 5) is 25.4. The molecule has 29 heavy (non-hydrogen) atoms. The number of nitrogens with zero attached hydrogens (tertiary/aromatic N) is 2. The maximum Gasteiger partial charge on any atom is 0.274 e.